The Morgan fingerprint density at radius 3 is 1.94 bits per heavy atom. The van der Waals surface area contributed by atoms with E-state index in [1.807, 2.05) is 0 Å². The summed E-state index contributed by atoms with van der Waals surface area (Å²) in [6, 6.07) is 0. The van der Waals surface area contributed by atoms with Gasteiger partial charge in [-0.1, -0.05) is 63.3 Å². The van der Waals surface area contributed by atoms with Crippen molar-refractivity contribution in [2.24, 2.45) is 0 Å². The molecule has 0 saturated carbocycles. The number of halogens is 1. The maximum absolute atomic E-state index is 5.58. The third kappa shape index (κ3) is 13.8. The predicted molar refractivity (Wildman–Crippen MR) is 76.2 cm³/mol. The van der Waals surface area contributed by atoms with Gasteiger partial charge in [-0.25, -0.2) is 0 Å². The Kier molecular flexibility index (Phi) is 14.6. The van der Waals surface area contributed by atoms with Gasteiger partial charge in [-0.15, -0.1) is 11.6 Å². The molecule has 0 aromatic carbocycles. The van der Waals surface area contributed by atoms with Crippen molar-refractivity contribution in [1.82, 2.24) is 0 Å². The summed E-state index contributed by atoms with van der Waals surface area (Å²) in [7, 11) is 0. The van der Waals surface area contributed by atoms with Crippen LogP contribution in [0.1, 0.15) is 64.7 Å². The Balaban J connectivity index is 3.12. The average molecular weight is 243 g/mol. The van der Waals surface area contributed by atoms with E-state index in [1.54, 1.807) is 0 Å². The molecule has 0 spiro atoms. The molecule has 0 unspecified atom stereocenters. The zero-order chi connectivity index (χ0) is 11.9. The number of hydrogen-bond donors (Lipinski definition) is 0. The second kappa shape index (κ2) is 14.8. The van der Waals surface area contributed by atoms with E-state index in [4.69, 9.17) is 11.6 Å². The number of hydrogen-bond acceptors (Lipinski definition) is 0. The van der Waals surface area contributed by atoms with Gasteiger partial charge in [-0.05, 0) is 25.7 Å². The Hall–Kier alpha value is -0.230. The van der Waals surface area contributed by atoms with E-state index in [0.717, 1.165) is 18.7 Å². The summed E-state index contributed by atoms with van der Waals surface area (Å²) >= 11 is 5.58. The zero-order valence-electron chi connectivity index (χ0n) is 10.8. The van der Waals surface area contributed by atoms with E-state index in [1.165, 1.54) is 44.9 Å². The predicted octanol–water partition coefficient (Wildman–Crippen LogP) is 5.87. The van der Waals surface area contributed by atoms with Crippen molar-refractivity contribution >= 4 is 11.6 Å². The Morgan fingerprint density at radius 2 is 1.31 bits per heavy atom. The molecule has 0 nitrogen and oxygen atoms in total. The van der Waals surface area contributed by atoms with Gasteiger partial charge in [0.05, 0.1) is 0 Å². The number of unbranched alkanes of at least 4 members (excludes halogenated alkanes) is 7. The van der Waals surface area contributed by atoms with E-state index >= 15 is 0 Å². The van der Waals surface area contributed by atoms with Crippen LogP contribution in [0.4, 0.5) is 0 Å². The minimum atomic E-state index is 0.770. The van der Waals surface area contributed by atoms with Crippen LogP contribution in [0.2, 0.25) is 0 Å². The van der Waals surface area contributed by atoms with E-state index in [0.29, 0.717) is 0 Å². The highest BCUT2D eigenvalue weighted by Gasteiger charge is 1.87. The fourth-order valence-electron chi connectivity index (χ4n) is 1.59. The van der Waals surface area contributed by atoms with Crippen molar-refractivity contribution < 1.29 is 0 Å². The van der Waals surface area contributed by atoms with Crippen LogP contribution in [-0.4, -0.2) is 5.88 Å². The molecule has 94 valence electrons. The lowest BCUT2D eigenvalue weighted by Gasteiger charge is -1.97. The van der Waals surface area contributed by atoms with E-state index in [-0.39, 0.29) is 0 Å². The monoisotopic (exact) mass is 242 g/mol. The summed E-state index contributed by atoms with van der Waals surface area (Å²) in [5.41, 5.74) is 0. The highest BCUT2D eigenvalue weighted by atomic mass is 35.5. The van der Waals surface area contributed by atoms with Crippen molar-refractivity contribution in [3.8, 4) is 0 Å². The lowest BCUT2D eigenvalue weighted by molar-refractivity contribution is 0.611. The minimum absolute atomic E-state index is 0.770. The first-order chi connectivity index (χ1) is 7.91. The molecule has 0 aromatic rings. The molecule has 0 fully saturated rings. The Bertz CT molecular complexity index is 170. The van der Waals surface area contributed by atoms with Crippen molar-refractivity contribution in [1.29, 1.82) is 0 Å². The van der Waals surface area contributed by atoms with Crippen LogP contribution < -0.4 is 0 Å². The van der Waals surface area contributed by atoms with Crippen LogP contribution in [0.15, 0.2) is 24.3 Å². The average Bonchev–Trinajstić information content (AvgIpc) is 2.31. The summed E-state index contributed by atoms with van der Waals surface area (Å²) in [6.07, 6.45) is 20.5. The van der Waals surface area contributed by atoms with Crippen molar-refractivity contribution in [2.75, 3.05) is 5.88 Å². The molecule has 0 radical (unpaired) electrons. The van der Waals surface area contributed by atoms with Gasteiger partial charge in [-0.3, -0.25) is 0 Å². The molecule has 0 bridgehead atoms. The molecule has 0 N–H and O–H groups in total. The number of rotatable bonds is 11. The molecule has 0 aliphatic heterocycles. The van der Waals surface area contributed by atoms with Crippen molar-refractivity contribution in [3.05, 3.63) is 24.3 Å². The van der Waals surface area contributed by atoms with Crippen molar-refractivity contribution in [3.63, 3.8) is 0 Å². The normalized spacial score (nSPS) is 11.9. The van der Waals surface area contributed by atoms with E-state index in [9.17, 15) is 0 Å². The van der Waals surface area contributed by atoms with Gasteiger partial charge in [0.15, 0.2) is 0 Å². The largest absolute Gasteiger partial charge is 0.127 e. The molecule has 0 saturated heterocycles. The molecule has 1 heteroatoms. The second-order valence-corrected chi connectivity index (χ2v) is 4.62. The van der Waals surface area contributed by atoms with Gasteiger partial charge in [-0.2, -0.15) is 0 Å². The third-order valence-corrected chi connectivity index (χ3v) is 2.88. The number of alkyl halides is 1. The van der Waals surface area contributed by atoms with Crippen LogP contribution >= 0.6 is 11.6 Å². The Labute approximate surface area is 107 Å². The third-order valence-electron chi connectivity index (χ3n) is 2.61. The summed E-state index contributed by atoms with van der Waals surface area (Å²) in [5.74, 6) is 0.770. The first-order valence-corrected chi connectivity index (χ1v) is 7.33. The molecular formula is C15H27Cl. The molecule has 0 amide bonds. The van der Waals surface area contributed by atoms with Crippen molar-refractivity contribution in [2.45, 2.75) is 64.7 Å². The molecule has 0 aliphatic carbocycles. The fourth-order valence-corrected chi connectivity index (χ4v) is 1.74. The highest BCUT2D eigenvalue weighted by molar-refractivity contribution is 6.17. The van der Waals surface area contributed by atoms with Crippen LogP contribution in [0.5, 0.6) is 0 Å². The van der Waals surface area contributed by atoms with Crippen LogP contribution in [-0.2, 0) is 0 Å². The number of allylic oxidation sites excluding steroid dienone is 4. The zero-order valence-corrected chi connectivity index (χ0v) is 11.5. The molecule has 0 rings (SSSR count). The topological polar surface area (TPSA) is 0 Å². The lowest BCUT2D eigenvalue weighted by Crippen LogP contribution is -1.77. The van der Waals surface area contributed by atoms with Crippen LogP contribution in [0.3, 0.4) is 0 Å². The maximum atomic E-state index is 5.58. The summed E-state index contributed by atoms with van der Waals surface area (Å²) in [5, 5.41) is 0. The van der Waals surface area contributed by atoms with Gasteiger partial charge in [0.2, 0.25) is 0 Å². The summed E-state index contributed by atoms with van der Waals surface area (Å²) in [6.45, 7) is 2.26. The first kappa shape index (κ1) is 15.8. The quantitative estimate of drug-likeness (QED) is 0.242. The fraction of sp³-hybridized carbons (Fsp3) is 0.733. The molecule has 0 aliphatic rings. The Morgan fingerprint density at radius 1 is 0.750 bits per heavy atom. The molecule has 16 heavy (non-hydrogen) atoms. The smallest absolute Gasteiger partial charge is 0.0226 e. The van der Waals surface area contributed by atoms with Gasteiger partial charge in [0, 0.05) is 5.88 Å². The second-order valence-electron chi connectivity index (χ2n) is 4.24. The van der Waals surface area contributed by atoms with E-state index < -0.39 is 0 Å². The van der Waals surface area contributed by atoms with E-state index in [2.05, 4.69) is 31.2 Å². The molecule has 0 atom stereocenters. The minimum Gasteiger partial charge on any atom is -0.127 e. The van der Waals surface area contributed by atoms with Crippen LogP contribution in [0.25, 0.3) is 0 Å². The van der Waals surface area contributed by atoms with Crippen LogP contribution in [0, 0.1) is 0 Å². The summed E-state index contributed by atoms with van der Waals surface area (Å²) in [4.78, 5) is 0. The highest BCUT2D eigenvalue weighted by Crippen LogP contribution is 2.07. The standard InChI is InChI=1S/C15H27Cl/c1-2-3-4-5-6-7-8-9-10-11-12-13-14-15-16/h9-12H,2-8,13-15H2,1H3/b10-9+,12-11-. The first-order valence-electron chi connectivity index (χ1n) is 6.79. The van der Waals surface area contributed by atoms with Gasteiger partial charge < -0.3 is 0 Å². The van der Waals surface area contributed by atoms with Gasteiger partial charge in [0.25, 0.3) is 0 Å². The summed E-state index contributed by atoms with van der Waals surface area (Å²) < 4.78 is 0. The molecule has 0 heterocycles. The lowest BCUT2D eigenvalue weighted by atomic mass is 10.1. The molecular weight excluding hydrogens is 216 g/mol. The maximum Gasteiger partial charge on any atom is 0.0226 e. The molecule has 0 aromatic heterocycles. The SMILES string of the molecule is CCCCCCCC/C=C/C=C\CCCCl. The van der Waals surface area contributed by atoms with Gasteiger partial charge in [0.1, 0.15) is 0 Å². The van der Waals surface area contributed by atoms with Gasteiger partial charge >= 0.3 is 0 Å².